The lowest BCUT2D eigenvalue weighted by Crippen LogP contribution is -2.41. The van der Waals surface area contributed by atoms with Crippen molar-refractivity contribution < 1.29 is 15.0 Å². The van der Waals surface area contributed by atoms with Crippen molar-refractivity contribution in [2.24, 2.45) is 13.0 Å². The molecule has 1 saturated carbocycles. The maximum Gasteiger partial charge on any atom is 0.255 e. The van der Waals surface area contributed by atoms with E-state index in [9.17, 15) is 15.0 Å². The normalized spacial score (nSPS) is 21.5. The first-order valence-electron chi connectivity index (χ1n) is 7.40. The molecule has 0 aliphatic heterocycles. The first kappa shape index (κ1) is 15.8. The van der Waals surface area contributed by atoms with Crippen molar-refractivity contribution in [1.82, 2.24) is 15.1 Å². The number of aryl methyl sites for hydroxylation is 1. The van der Waals surface area contributed by atoms with Gasteiger partial charge in [-0.1, -0.05) is 11.6 Å². The van der Waals surface area contributed by atoms with E-state index >= 15 is 0 Å². The van der Waals surface area contributed by atoms with Gasteiger partial charge in [0.2, 0.25) is 0 Å². The van der Waals surface area contributed by atoms with E-state index in [0.29, 0.717) is 17.9 Å². The summed E-state index contributed by atoms with van der Waals surface area (Å²) in [7, 11) is 1.81. The SMILES string of the molecule is Cn1cc([C@@H](NC(=O)c2cc(Cl)ccc2O)C2CC(O)C2)cn1. The van der Waals surface area contributed by atoms with Crippen LogP contribution in [0.15, 0.2) is 30.6 Å². The minimum Gasteiger partial charge on any atom is -0.507 e. The molecule has 0 saturated heterocycles. The van der Waals surface area contributed by atoms with Crippen molar-refractivity contribution in [2.75, 3.05) is 0 Å². The van der Waals surface area contributed by atoms with Gasteiger partial charge in [-0.05, 0) is 37.0 Å². The molecule has 1 atom stereocenters. The topological polar surface area (TPSA) is 87.4 Å². The molecule has 23 heavy (non-hydrogen) atoms. The smallest absolute Gasteiger partial charge is 0.255 e. The van der Waals surface area contributed by atoms with Gasteiger partial charge in [-0.2, -0.15) is 5.10 Å². The van der Waals surface area contributed by atoms with E-state index in [4.69, 9.17) is 11.6 Å². The van der Waals surface area contributed by atoms with E-state index in [0.717, 1.165) is 5.56 Å². The highest BCUT2D eigenvalue weighted by Crippen LogP contribution is 2.38. The molecule has 1 amide bonds. The Balaban J connectivity index is 1.83. The Morgan fingerprint density at radius 1 is 1.48 bits per heavy atom. The summed E-state index contributed by atoms with van der Waals surface area (Å²) in [5.41, 5.74) is 1.01. The summed E-state index contributed by atoms with van der Waals surface area (Å²) >= 11 is 5.90. The van der Waals surface area contributed by atoms with E-state index in [1.54, 1.807) is 17.9 Å². The van der Waals surface area contributed by atoms with E-state index in [-0.39, 0.29) is 29.4 Å². The van der Waals surface area contributed by atoms with Crippen LogP contribution in [-0.4, -0.2) is 32.0 Å². The molecular weight excluding hydrogens is 318 g/mol. The molecule has 7 heteroatoms. The lowest BCUT2D eigenvalue weighted by Gasteiger charge is -2.37. The van der Waals surface area contributed by atoms with E-state index in [1.807, 2.05) is 6.20 Å². The minimum absolute atomic E-state index is 0.120. The number of nitrogens with zero attached hydrogens (tertiary/aromatic N) is 2. The number of aliphatic hydroxyl groups is 1. The van der Waals surface area contributed by atoms with Crippen molar-refractivity contribution in [1.29, 1.82) is 0 Å². The van der Waals surface area contributed by atoms with Crippen LogP contribution in [0, 0.1) is 5.92 Å². The monoisotopic (exact) mass is 335 g/mol. The van der Waals surface area contributed by atoms with Gasteiger partial charge < -0.3 is 15.5 Å². The van der Waals surface area contributed by atoms with E-state index in [1.165, 1.54) is 18.2 Å². The van der Waals surface area contributed by atoms with Crippen molar-refractivity contribution in [3.8, 4) is 5.75 Å². The van der Waals surface area contributed by atoms with Crippen LogP contribution >= 0.6 is 11.6 Å². The van der Waals surface area contributed by atoms with Gasteiger partial charge >= 0.3 is 0 Å². The van der Waals surface area contributed by atoms with Crippen LogP contribution in [0.4, 0.5) is 0 Å². The van der Waals surface area contributed by atoms with Gasteiger partial charge in [-0.3, -0.25) is 9.48 Å². The Hall–Kier alpha value is -2.05. The molecule has 6 nitrogen and oxygen atoms in total. The summed E-state index contributed by atoms with van der Waals surface area (Å²) in [6.45, 7) is 0. The number of benzene rings is 1. The number of hydrogen-bond donors (Lipinski definition) is 3. The van der Waals surface area contributed by atoms with Crippen molar-refractivity contribution in [3.05, 3.63) is 46.7 Å². The average molecular weight is 336 g/mol. The third-order valence-electron chi connectivity index (χ3n) is 4.19. The molecule has 1 aromatic carbocycles. The Labute approximate surface area is 138 Å². The fourth-order valence-electron chi connectivity index (χ4n) is 2.89. The molecule has 0 radical (unpaired) electrons. The number of aliphatic hydroxyl groups excluding tert-OH is 1. The van der Waals surface area contributed by atoms with Gasteiger partial charge in [0.1, 0.15) is 5.75 Å². The van der Waals surface area contributed by atoms with Crippen LogP contribution in [0.5, 0.6) is 5.75 Å². The van der Waals surface area contributed by atoms with Crippen molar-refractivity contribution in [2.45, 2.75) is 25.0 Å². The quantitative estimate of drug-likeness (QED) is 0.797. The van der Waals surface area contributed by atoms with Gasteiger partial charge in [-0.25, -0.2) is 0 Å². The molecule has 3 N–H and O–H groups in total. The second kappa shape index (κ2) is 6.22. The number of hydrogen-bond acceptors (Lipinski definition) is 4. The molecule has 1 aliphatic rings. The van der Waals surface area contributed by atoms with Gasteiger partial charge in [0.05, 0.1) is 23.9 Å². The summed E-state index contributed by atoms with van der Waals surface area (Å²) in [4.78, 5) is 12.5. The maximum absolute atomic E-state index is 12.5. The molecule has 2 aromatic rings. The van der Waals surface area contributed by atoms with Gasteiger partial charge in [0, 0.05) is 23.8 Å². The predicted molar refractivity (Wildman–Crippen MR) is 85.3 cm³/mol. The van der Waals surface area contributed by atoms with Crippen molar-refractivity contribution in [3.63, 3.8) is 0 Å². The molecule has 0 bridgehead atoms. The van der Waals surface area contributed by atoms with Crippen molar-refractivity contribution >= 4 is 17.5 Å². The molecule has 1 heterocycles. The van der Waals surface area contributed by atoms with Gasteiger partial charge in [0.25, 0.3) is 5.91 Å². The van der Waals surface area contributed by atoms with Crippen LogP contribution in [0.3, 0.4) is 0 Å². The minimum atomic E-state index is -0.403. The summed E-state index contributed by atoms with van der Waals surface area (Å²) in [5.74, 6) is -0.384. The molecule has 122 valence electrons. The fourth-order valence-corrected chi connectivity index (χ4v) is 3.06. The highest BCUT2D eigenvalue weighted by molar-refractivity contribution is 6.31. The zero-order valence-corrected chi connectivity index (χ0v) is 13.4. The predicted octanol–water partition coefficient (Wildman–Crippen LogP) is 2.02. The lowest BCUT2D eigenvalue weighted by atomic mass is 9.75. The number of rotatable bonds is 4. The van der Waals surface area contributed by atoms with Gasteiger partial charge in [-0.15, -0.1) is 0 Å². The Bertz CT molecular complexity index is 725. The number of aromatic nitrogens is 2. The Morgan fingerprint density at radius 2 is 2.22 bits per heavy atom. The summed E-state index contributed by atoms with van der Waals surface area (Å²) in [6, 6.07) is 4.08. The first-order chi connectivity index (χ1) is 10.9. The highest BCUT2D eigenvalue weighted by atomic mass is 35.5. The number of amides is 1. The summed E-state index contributed by atoms with van der Waals surface area (Å²) in [5, 5.41) is 26.9. The number of carbonyl (C=O) groups is 1. The number of phenolic OH excluding ortho intramolecular Hbond substituents is 1. The molecule has 3 rings (SSSR count). The molecule has 1 aliphatic carbocycles. The number of aromatic hydroxyl groups is 1. The summed E-state index contributed by atoms with van der Waals surface area (Å²) < 4.78 is 1.67. The van der Waals surface area contributed by atoms with E-state index < -0.39 is 5.91 Å². The van der Waals surface area contributed by atoms with Crippen LogP contribution in [-0.2, 0) is 7.05 Å². The fraction of sp³-hybridized carbons (Fsp3) is 0.375. The van der Waals surface area contributed by atoms with Gasteiger partial charge in [0.15, 0.2) is 0 Å². The third-order valence-corrected chi connectivity index (χ3v) is 4.43. The molecule has 1 fully saturated rings. The Morgan fingerprint density at radius 3 is 2.83 bits per heavy atom. The third kappa shape index (κ3) is 3.33. The molecule has 0 spiro atoms. The molecule has 1 aromatic heterocycles. The second-order valence-electron chi connectivity index (χ2n) is 5.95. The second-order valence-corrected chi connectivity index (χ2v) is 6.38. The zero-order chi connectivity index (χ0) is 16.6. The van der Waals surface area contributed by atoms with Crippen LogP contribution < -0.4 is 5.32 Å². The Kier molecular flexibility index (Phi) is 4.28. The van der Waals surface area contributed by atoms with Crippen LogP contribution in [0.2, 0.25) is 5.02 Å². The average Bonchev–Trinajstić information content (AvgIpc) is 2.90. The first-order valence-corrected chi connectivity index (χ1v) is 7.78. The zero-order valence-electron chi connectivity index (χ0n) is 12.6. The highest BCUT2D eigenvalue weighted by Gasteiger charge is 2.36. The van der Waals surface area contributed by atoms with E-state index in [2.05, 4.69) is 10.4 Å². The maximum atomic E-state index is 12.5. The van der Waals surface area contributed by atoms with Crippen LogP contribution in [0.1, 0.15) is 34.8 Å². The number of phenols is 1. The largest absolute Gasteiger partial charge is 0.507 e. The lowest BCUT2D eigenvalue weighted by molar-refractivity contribution is 0.0235. The number of halogens is 1. The number of nitrogens with one attached hydrogen (secondary N) is 1. The van der Waals surface area contributed by atoms with Crippen LogP contribution in [0.25, 0.3) is 0 Å². The standard InChI is InChI=1S/C16H18ClN3O3/c1-20-8-10(7-18-20)15(9-4-12(21)5-9)19-16(23)13-6-11(17)2-3-14(13)22/h2-3,6-9,12,15,21-22H,4-5H2,1H3,(H,19,23)/t9?,12?,15-/m0/s1. The molecule has 0 unspecified atom stereocenters. The number of carbonyl (C=O) groups excluding carboxylic acids is 1. The molecular formula is C16H18ClN3O3. The summed E-state index contributed by atoms with van der Waals surface area (Å²) in [6.07, 6.45) is 4.47.